The molecule has 1 heterocycles. The number of pyridine rings is 1. The van der Waals surface area contributed by atoms with Crippen LogP contribution in [0.5, 0.6) is 0 Å². The number of aliphatic hydroxyl groups excluding tert-OH is 1. The van der Waals surface area contributed by atoms with Crippen molar-refractivity contribution in [3.8, 4) is 0 Å². The largest absolute Gasteiger partial charge is 0.396 e. The van der Waals surface area contributed by atoms with E-state index in [2.05, 4.69) is 26.2 Å². The van der Waals surface area contributed by atoms with Crippen molar-refractivity contribution in [2.75, 3.05) is 6.61 Å². The standard InChI is InChI=1S/C12H17BrN2O2/c1-8(2)10(5-6-16)15-12(17)9-3-4-11(13)14-7-9/h3-4,7-8,10,16H,5-6H2,1-2H3,(H,15,17). The summed E-state index contributed by atoms with van der Waals surface area (Å²) in [5.41, 5.74) is 0.525. The van der Waals surface area contributed by atoms with Gasteiger partial charge in [-0.25, -0.2) is 4.98 Å². The number of carbonyl (C=O) groups excluding carboxylic acids is 1. The number of aliphatic hydroxyl groups is 1. The van der Waals surface area contributed by atoms with E-state index < -0.39 is 0 Å². The van der Waals surface area contributed by atoms with Gasteiger partial charge in [0.1, 0.15) is 4.60 Å². The van der Waals surface area contributed by atoms with Crippen molar-refractivity contribution in [2.45, 2.75) is 26.3 Å². The highest BCUT2D eigenvalue weighted by atomic mass is 79.9. The zero-order valence-electron chi connectivity index (χ0n) is 9.98. The van der Waals surface area contributed by atoms with Crippen molar-refractivity contribution in [3.63, 3.8) is 0 Å². The van der Waals surface area contributed by atoms with Crippen LogP contribution in [0.4, 0.5) is 0 Å². The van der Waals surface area contributed by atoms with Crippen LogP contribution in [0.25, 0.3) is 0 Å². The zero-order valence-corrected chi connectivity index (χ0v) is 11.6. The number of halogens is 1. The summed E-state index contributed by atoms with van der Waals surface area (Å²) in [6, 6.07) is 3.42. The number of nitrogens with zero attached hydrogens (tertiary/aromatic N) is 1. The smallest absolute Gasteiger partial charge is 0.253 e. The summed E-state index contributed by atoms with van der Waals surface area (Å²) >= 11 is 3.22. The fraction of sp³-hybridized carbons (Fsp3) is 0.500. The van der Waals surface area contributed by atoms with Crippen molar-refractivity contribution in [1.82, 2.24) is 10.3 Å². The lowest BCUT2D eigenvalue weighted by Gasteiger charge is -2.21. The molecule has 0 bridgehead atoms. The highest BCUT2D eigenvalue weighted by molar-refractivity contribution is 9.10. The average Bonchev–Trinajstić information content (AvgIpc) is 2.29. The van der Waals surface area contributed by atoms with Gasteiger partial charge in [-0.3, -0.25) is 4.79 Å². The third kappa shape index (κ3) is 4.44. The molecule has 1 rings (SSSR count). The fourth-order valence-corrected chi connectivity index (χ4v) is 1.71. The Morgan fingerprint density at radius 1 is 1.53 bits per heavy atom. The fourth-order valence-electron chi connectivity index (χ4n) is 1.47. The molecule has 17 heavy (non-hydrogen) atoms. The molecule has 0 saturated heterocycles. The SMILES string of the molecule is CC(C)C(CCO)NC(=O)c1ccc(Br)nc1. The quantitative estimate of drug-likeness (QED) is 0.818. The van der Waals surface area contributed by atoms with Crippen LogP contribution in [-0.4, -0.2) is 28.6 Å². The van der Waals surface area contributed by atoms with Crippen LogP contribution < -0.4 is 5.32 Å². The molecule has 1 unspecified atom stereocenters. The molecule has 1 atom stereocenters. The Morgan fingerprint density at radius 2 is 2.24 bits per heavy atom. The van der Waals surface area contributed by atoms with E-state index in [1.165, 1.54) is 6.20 Å². The predicted octanol–water partition coefficient (Wildman–Crippen LogP) is 1.98. The molecule has 0 fully saturated rings. The van der Waals surface area contributed by atoms with Crippen LogP contribution >= 0.6 is 15.9 Å². The molecule has 0 aliphatic heterocycles. The number of hydrogen-bond donors (Lipinski definition) is 2. The minimum absolute atomic E-state index is 0.0175. The first-order valence-electron chi connectivity index (χ1n) is 5.58. The number of carbonyl (C=O) groups is 1. The maximum absolute atomic E-state index is 11.9. The highest BCUT2D eigenvalue weighted by Crippen LogP contribution is 2.09. The molecule has 0 aliphatic carbocycles. The van der Waals surface area contributed by atoms with Gasteiger partial charge < -0.3 is 10.4 Å². The highest BCUT2D eigenvalue weighted by Gasteiger charge is 2.16. The Morgan fingerprint density at radius 3 is 2.71 bits per heavy atom. The van der Waals surface area contributed by atoms with Gasteiger partial charge in [-0.15, -0.1) is 0 Å². The van der Waals surface area contributed by atoms with E-state index in [1.54, 1.807) is 12.1 Å². The van der Waals surface area contributed by atoms with Gasteiger partial charge in [0.05, 0.1) is 5.56 Å². The van der Waals surface area contributed by atoms with E-state index in [0.717, 1.165) is 0 Å². The summed E-state index contributed by atoms with van der Waals surface area (Å²) in [5, 5.41) is 11.8. The van der Waals surface area contributed by atoms with E-state index in [1.807, 2.05) is 13.8 Å². The van der Waals surface area contributed by atoms with Crippen LogP contribution in [0, 0.1) is 5.92 Å². The molecular weight excluding hydrogens is 284 g/mol. The molecule has 1 aromatic heterocycles. The van der Waals surface area contributed by atoms with Crippen LogP contribution in [0.15, 0.2) is 22.9 Å². The maximum Gasteiger partial charge on any atom is 0.253 e. The summed E-state index contributed by atoms with van der Waals surface area (Å²) in [4.78, 5) is 15.9. The molecule has 5 heteroatoms. The van der Waals surface area contributed by atoms with E-state index >= 15 is 0 Å². The molecule has 0 spiro atoms. The topological polar surface area (TPSA) is 62.2 Å². The van der Waals surface area contributed by atoms with Crippen molar-refractivity contribution < 1.29 is 9.90 Å². The van der Waals surface area contributed by atoms with Gasteiger partial charge in [-0.2, -0.15) is 0 Å². The molecule has 1 amide bonds. The molecule has 4 nitrogen and oxygen atoms in total. The molecule has 0 radical (unpaired) electrons. The van der Waals surface area contributed by atoms with E-state index in [0.29, 0.717) is 16.6 Å². The van der Waals surface area contributed by atoms with Crippen LogP contribution in [0.3, 0.4) is 0 Å². The van der Waals surface area contributed by atoms with E-state index in [4.69, 9.17) is 5.11 Å². The van der Waals surface area contributed by atoms with Gasteiger partial charge in [-0.1, -0.05) is 13.8 Å². The van der Waals surface area contributed by atoms with Crippen molar-refractivity contribution >= 4 is 21.8 Å². The third-order valence-electron chi connectivity index (χ3n) is 2.55. The van der Waals surface area contributed by atoms with Crippen LogP contribution in [-0.2, 0) is 0 Å². The first kappa shape index (κ1) is 14.1. The number of aromatic nitrogens is 1. The van der Waals surface area contributed by atoms with Crippen LogP contribution in [0.2, 0.25) is 0 Å². The lowest BCUT2D eigenvalue weighted by Crippen LogP contribution is -2.39. The van der Waals surface area contributed by atoms with Crippen LogP contribution in [0.1, 0.15) is 30.6 Å². The summed E-state index contributed by atoms with van der Waals surface area (Å²) in [6.45, 7) is 4.10. The summed E-state index contributed by atoms with van der Waals surface area (Å²) < 4.78 is 0.699. The molecule has 0 aromatic carbocycles. The Labute approximate surface area is 110 Å². The molecule has 1 aromatic rings. The van der Waals surface area contributed by atoms with Gasteiger partial charge in [0.15, 0.2) is 0 Å². The summed E-state index contributed by atoms with van der Waals surface area (Å²) in [6.07, 6.45) is 2.09. The predicted molar refractivity (Wildman–Crippen MR) is 69.7 cm³/mol. The van der Waals surface area contributed by atoms with E-state index in [9.17, 15) is 4.79 Å². The van der Waals surface area contributed by atoms with Gasteiger partial charge in [-0.05, 0) is 40.4 Å². The number of rotatable bonds is 5. The monoisotopic (exact) mass is 300 g/mol. The van der Waals surface area contributed by atoms with Crippen molar-refractivity contribution in [3.05, 3.63) is 28.5 Å². The van der Waals surface area contributed by atoms with Gasteiger partial charge in [0, 0.05) is 18.8 Å². The van der Waals surface area contributed by atoms with Crippen molar-refractivity contribution in [2.24, 2.45) is 5.92 Å². The van der Waals surface area contributed by atoms with Gasteiger partial charge in [0.25, 0.3) is 5.91 Å². The first-order chi connectivity index (χ1) is 8.04. The molecule has 0 aliphatic rings. The summed E-state index contributed by atoms with van der Waals surface area (Å²) in [5.74, 6) is 0.131. The molecular formula is C12H17BrN2O2. The Balaban J connectivity index is 2.66. The second-order valence-electron chi connectivity index (χ2n) is 4.21. The number of amides is 1. The second kappa shape index (κ2) is 6.71. The first-order valence-corrected chi connectivity index (χ1v) is 6.37. The zero-order chi connectivity index (χ0) is 12.8. The minimum atomic E-state index is -0.155. The third-order valence-corrected chi connectivity index (χ3v) is 3.02. The molecule has 94 valence electrons. The lowest BCUT2D eigenvalue weighted by atomic mass is 10.0. The second-order valence-corrected chi connectivity index (χ2v) is 5.02. The van der Waals surface area contributed by atoms with E-state index in [-0.39, 0.29) is 24.5 Å². The minimum Gasteiger partial charge on any atom is -0.396 e. The number of nitrogens with one attached hydrogen (secondary N) is 1. The van der Waals surface area contributed by atoms with Crippen molar-refractivity contribution in [1.29, 1.82) is 0 Å². The maximum atomic E-state index is 11.9. The Bertz CT molecular complexity index is 365. The molecule has 2 N–H and O–H groups in total. The van der Waals surface area contributed by atoms with Gasteiger partial charge >= 0.3 is 0 Å². The van der Waals surface area contributed by atoms with Gasteiger partial charge in [0.2, 0.25) is 0 Å². The normalized spacial score (nSPS) is 12.5. The Hall–Kier alpha value is -0.940. The summed E-state index contributed by atoms with van der Waals surface area (Å²) in [7, 11) is 0. The lowest BCUT2D eigenvalue weighted by molar-refractivity contribution is 0.0916. The average molecular weight is 301 g/mol. The number of hydrogen-bond acceptors (Lipinski definition) is 3. The Kier molecular flexibility index (Phi) is 5.58. The molecule has 0 saturated carbocycles.